The topological polar surface area (TPSA) is 33.2 Å². The van der Waals surface area contributed by atoms with Crippen molar-refractivity contribution in [1.29, 1.82) is 0 Å². The summed E-state index contributed by atoms with van der Waals surface area (Å²) in [6, 6.07) is 0.670. The van der Waals surface area contributed by atoms with Gasteiger partial charge in [-0.25, -0.2) is 4.98 Å². The first-order chi connectivity index (χ1) is 9.70. The molecule has 0 spiro atoms. The summed E-state index contributed by atoms with van der Waals surface area (Å²) in [5.41, 5.74) is 0.984. The molecule has 1 aromatic rings. The van der Waals surface area contributed by atoms with Crippen LogP contribution in [0.15, 0.2) is 0 Å². The van der Waals surface area contributed by atoms with E-state index in [0.717, 1.165) is 34.5 Å². The van der Waals surface area contributed by atoms with Gasteiger partial charge in [0.1, 0.15) is 0 Å². The summed E-state index contributed by atoms with van der Waals surface area (Å²) < 4.78 is 0. The van der Waals surface area contributed by atoms with E-state index in [4.69, 9.17) is 4.98 Å². The highest BCUT2D eigenvalue weighted by molar-refractivity contribution is 7.17. The van der Waals surface area contributed by atoms with E-state index in [2.05, 4.69) is 18.7 Å². The second-order valence-electron chi connectivity index (χ2n) is 6.47. The standard InChI is InChI=1S/C16H24N2OS/c1-11(2)15-14(10-19)20-16(17-15)18-9-5-7-12-6-3-4-8-13(12)18/h10-13H,3-9H2,1-2H3/t12-,13-/m1/s1. The van der Waals surface area contributed by atoms with Crippen LogP contribution < -0.4 is 4.90 Å². The van der Waals surface area contributed by atoms with Gasteiger partial charge in [0.25, 0.3) is 0 Å². The van der Waals surface area contributed by atoms with Gasteiger partial charge >= 0.3 is 0 Å². The van der Waals surface area contributed by atoms with E-state index in [1.165, 1.54) is 38.5 Å². The van der Waals surface area contributed by atoms with Gasteiger partial charge in [0.15, 0.2) is 11.4 Å². The zero-order valence-electron chi connectivity index (χ0n) is 12.5. The molecule has 2 heterocycles. The van der Waals surface area contributed by atoms with E-state index < -0.39 is 0 Å². The fourth-order valence-corrected chi connectivity index (χ4v) is 4.93. The molecule has 3 rings (SSSR count). The first-order valence-corrected chi connectivity index (χ1v) is 8.75. The molecule has 2 fully saturated rings. The zero-order valence-corrected chi connectivity index (χ0v) is 13.3. The van der Waals surface area contributed by atoms with E-state index >= 15 is 0 Å². The molecule has 110 valence electrons. The monoisotopic (exact) mass is 292 g/mol. The maximum Gasteiger partial charge on any atom is 0.186 e. The number of anilines is 1. The molecule has 0 aromatic carbocycles. The summed E-state index contributed by atoms with van der Waals surface area (Å²) in [6.45, 7) is 5.35. The van der Waals surface area contributed by atoms with E-state index in [1.54, 1.807) is 11.3 Å². The Hall–Kier alpha value is -0.900. The van der Waals surface area contributed by atoms with Crippen LogP contribution in [0.25, 0.3) is 0 Å². The van der Waals surface area contributed by atoms with Crippen molar-refractivity contribution < 1.29 is 4.79 Å². The van der Waals surface area contributed by atoms with Crippen molar-refractivity contribution in [2.45, 2.75) is 64.3 Å². The predicted octanol–water partition coefficient (Wildman–Crippen LogP) is 4.24. The Morgan fingerprint density at radius 2 is 2.00 bits per heavy atom. The Balaban J connectivity index is 1.89. The molecular weight excluding hydrogens is 268 g/mol. The lowest BCUT2D eigenvalue weighted by Gasteiger charge is -2.44. The number of hydrogen-bond acceptors (Lipinski definition) is 4. The Morgan fingerprint density at radius 3 is 2.70 bits per heavy atom. The lowest BCUT2D eigenvalue weighted by molar-refractivity contribution is 0.112. The van der Waals surface area contributed by atoms with Crippen molar-refractivity contribution in [3.8, 4) is 0 Å². The van der Waals surface area contributed by atoms with Crippen LogP contribution in [0.5, 0.6) is 0 Å². The van der Waals surface area contributed by atoms with Crippen LogP contribution in [0.2, 0.25) is 0 Å². The molecule has 1 aliphatic carbocycles. The van der Waals surface area contributed by atoms with Gasteiger partial charge in [-0.2, -0.15) is 0 Å². The number of aldehydes is 1. The SMILES string of the molecule is CC(C)c1nc(N2CCC[C@H]3CCCC[C@H]32)sc1C=O. The summed E-state index contributed by atoms with van der Waals surface area (Å²) in [6.07, 6.45) is 9.06. The molecule has 1 aromatic heterocycles. The van der Waals surface area contributed by atoms with E-state index in [0.29, 0.717) is 12.0 Å². The molecule has 20 heavy (non-hydrogen) atoms. The summed E-state index contributed by atoms with van der Waals surface area (Å²) in [7, 11) is 0. The maximum atomic E-state index is 11.3. The first-order valence-electron chi connectivity index (χ1n) is 7.93. The molecule has 0 bridgehead atoms. The molecule has 3 nitrogen and oxygen atoms in total. The highest BCUT2D eigenvalue weighted by atomic mass is 32.1. The number of nitrogens with zero attached hydrogens (tertiary/aromatic N) is 2. The number of hydrogen-bond donors (Lipinski definition) is 0. The smallest absolute Gasteiger partial charge is 0.186 e. The average molecular weight is 292 g/mol. The van der Waals surface area contributed by atoms with Crippen molar-refractivity contribution in [2.24, 2.45) is 5.92 Å². The second kappa shape index (κ2) is 5.84. The van der Waals surface area contributed by atoms with Crippen LogP contribution in [-0.4, -0.2) is 23.9 Å². The average Bonchev–Trinajstić information content (AvgIpc) is 2.91. The number of piperidine rings is 1. The number of thiazole rings is 1. The molecule has 1 aliphatic heterocycles. The highest BCUT2D eigenvalue weighted by Gasteiger charge is 2.35. The van der Waals surface area contributed by atoms with Gasteiger partial charge in [-0.05, 0) is 37.5 Å². The molecule has 1 saturated carbocycles. The normalized spacial score (nSPS) is 26.6. The van der Waals surface area contributed by atoms with Crippen molar-refractivity contribution in [3.63, 3.8) is 0 Å². The van der Waals surface area contributed by atoms with Crippen molar-refractivity contribution >= 4 is 22.8 Å². The van der Waals surface area contributed by atoms with Gasteiger partial charge in [-0.1, -0.05) is 38.0 Å². The summed E-state index contributed by atoms with van der Waals surface area (Å²) in [5, 5.41) is 1.09. The van der Waals surface area contributed by atoms with Gasteiger partial charge in [-0.15, -0.1) is 0 Å². The van der Waals surface area contributed by atoms with Crippen molar-refractivity contribution in [2.75, 3.05) is 11.4 Å². The Labute approximate surface area is 125 Å². The molecule has 2 atom stereocenters. The largest absolute Gasteiger partial charge is 0.345 e. The third-order valence-electron chi connectivity index (χ3n) is 4.81. The minimum atomic E-state index is 0.326. The molecule has 0 unspecified atom stereocenters. The zero-order chi connectivity index (χ0) is 14.1. The van der Waals surface area contributed by atoms with Crippen molar-refractivity contribution in [3.05, 3.63) is 10.6 Å². The van der Waals surface area contributed by atoms with Gasteiger partial charge in [0, 0.05) is 12.6 Å². The highest BCUT2D eigenvalue weighted by Crippen LogP contribution is 2.40. The number of fused-ring (bicyclic) bond motifs is 1. The molecule has 0 amide bonds. The number of aromatic nitrogens is 1. The molecule has 2 aliphatic rings. The third-order valence-corrected chi connectivity index (χ3v) is 5.85. The Bertz CT molecular complexity index is 481. The molecule has 4 heteroatoms. The summed E-state index contributed by atoms with van der Waals surface area (Å²) in [5.74, 6) is 1.18. The first kappa shape index (κ1) is 14.1. The maximum absolute atomic E-state index is 11.3. The van der Waals surface area contributed by atoms with Crippen LogP contribution in [0.1, 0.15) is 73.7 Å². The number of rotatable bonds is 3. The third kappa shape index (κ3) is 2.50. The fourth-order valence-electron chi connectivity index (χ4n) is 3.81. The molecule has 0 radical (unpaired) electrons. The summed E-state index contributed by atoms with van der Waals surface area (Å²) >= 11 is 1.60. The van der Waals surface area contributed by atoms with Gasteiger partial charge in [0.05, 0.1) is 10.6 Å². The van der Waals surface area contributed by atoms with Crippen LogP contribution >= 0.6 is 11.3 Å². The Morgan fingerprint density at radius 1 is 1.25 bits per heavy atom. The predicted molar refractivity (Wildman–Crippen MR) is 83.9 cm³/mol. The quantitative estimate of drug-likeness (QED) is 0.781. The van der Waals surface area contributed by atoms with Crippen molar-refractivity contribution in [1.82, 2.24) is 4.98 Å². The van der Waals surface area contributed by atoms with Gasteiger partial charge < -0.3 is 4.90 Å². The number of carbonyl (C=O) groups is 1. The van der Waals surface area contributed by atoms with Gasteiger partial charge in [0.2, 0.25) is 0 Å². The van der Waals surface area contributed by atoms with E-state index in [9.17, 15) is 4.79 Å². The fraction of sp³-hybridized carbons (Fsp3) is 0.750. The molecular formula is C16H24N2OS. The minimum Gasteiger partial charge on any atom is -0.345 e. The Kier molecular flexibility index (Phi) is 4.11. The summed E-state index contributed by atoms with van der Waals surface area (Å²) in [4.78, 5) is 19.4. The van der Waals surface area contributed by atoms with Gasteiger partial charge in [-0.3, -0.25) is 4.79 Å². The number of carbonyl (C=O) groups excluding carboxylic acids is 1. The molecule has 0 N–H and O–H groups in total. The van der Waals surface area contributed by atoms with Crippen LogP contribution in [-0.2, 0) is 0 Å². The van der Waals surface area contributed by atoms with E-state index in [1.807, 2.05) is 0 Å². The van der Waals surface area contributed by atoms with Crippen LogP contribution in [0.3, 0.4) is 0 Å². The minimum absolute atomic E-state index is 0.326. The lowest BCUT2D eigenvalue weighted by atomic mass is 9.78. The lowest BCUT2D eigenvalue weighted by Crippen LogP contribution is -2.46. The van der Waals surface area contributed by atoms with Crippen LogP contribution in [0.4, 0.5) is 5.13 Å². The molecule has 1 saturated heterocycles. The van der Waals surface area contributed by atoms with E-state index in [-0.39, 0.29) is 0 Å². The van der Waals surface area contributed by atoms with Crippen LogP contribution in [0, 0.1) is 5.92 Å². The second-order valence-corrected chi connectivity index (χ2v) is 7.48.